The molecule has 0 amide bonds. The van der Waals surface area contributed by atoms with E-state index in [9.17, 15) is 4.79 Å². The highest BCUT2D eigenvalue weighted by Gasteiger charge is 2.23. The van der Waals surface area contributed by atoms with E-state index in [0.29, 0.717) is 5.92 Å². The van der Waals surface area contributed by atoms with E-state index in [1.807, 2.05) is 25.1 Å². The number of aryl methyl sites for hydroxylation is 1. The minimum atomic E-state index is -0.424. The second kappa shape index (κ2) is 6.90. The van der Waals surface area contributed by atoms with Crippen LogP contribution in [0.3, 0.4) is 0 Å². The SMILES string of the molecule is COC(=O)C(NCC(C)C)c1ccc(C)cc1Br. The zero-order valence-corrected chi connectivity index (χ0v) is 12.9. The Hall–Kier alpha value is -0.870. The van der Waals surface area contributed by atoms with Crippen LogP contribution in [-0.4, -0.2) is 19.6 Å². The Kier molecular flexibility index (Phi) is 5.82. The highest BCUT2D eigenvalue weighted by atomic mass is 79.9. The van der Waals surface area contributed by atoms with Crippen molar-refractivity contribution in [3.05, 3.63) is 33.8 Å². The summed E-state index contributed by atoms with van der Waals surface area (Å²) in [5, 5.41) is 3.24. The summed E-state index contributed by atoms with van der Waals surface area (Å²) in [7, 11) is 1.41. The lowest BCUT2D eigenvalue weighted by molar-refractivity contribution is -0.143. The van der Waals surface area contributed by atoms with Gasteiger partial charge in [-0.15, -0.1) is 0 Å². The number of rotatable bonds is 5. The molecule has 1 unspecified atom stereocenters. The van der Waals surface area contributed by atoms with Crippen molar-refractivity contribution in [2.45, 2.75) is 26.8 Å². The standard InChI is InChI=1S/C14H20BrNO2/c1-9(2)8-16-13(14(17)18-4)11-6-5-10(3)7-12(11)15/h5-7,9,13,16H,8H2,1-4H3. The summed E-state index contributed by atoms with van der Waals surface area (Å²) >= 11 is 3.50. The fraction of sp³-hybridized carbons (Fsp3) is 0.500. The Balaban J connectivity index is 2.97. The van der Waals surface area contributed by atoms with Crippen LogP contribution in [0.25, 0.3) is 0 Å². The molecule has 100 valence electrons. The molecule has 0 spiro atoms. The predicted molar refractivity (Wildman–Crippen MR) is 76.5 cm³/mol. The van der Waals surface area contributed by atoms with Crippen LogP contribution in [0.1, 0.15) is 31.0 Å². The molecule has 0 heterocycles. The van der Waals surface area contributed by atoms with Gasteiger partial charge in [0.2, 0.25) is 0 Å². The Morgan fingerprint density at radius 3 is 2.61 bits per heavy atom. The number of carbonyl (C=O) groups excluding carboxylic acids is 1. The third kappa shape index (κ3) is 4.10. The number of halogens is 1. The Labute approximate surface area is 117 Å². The summed E-state index contributed by atoms with van der Waals surface area (Å²) in [6.45, 7) is 6.99. The van der Waals surface area contributed by atoms with Crippen LogP contribution >= 0.6 is 15.9 Å². The monoisotopic (exact) mass is 313 g/mol. The molecule has 0 aliphatic carbocycles. The lowest BCUT2D eigenvalue weighted by atomic mass is 10.0. The zero-order chi connectivity index (χ0) is 13.7. The molecule has 0 aliphatic heterocycles. The van der Waals surface area contributed by atoms with Crippen LogP contribution in [0, 0.1) is 12.8 Å². The Morgan fingerprint density at radius 1 is 1.44 bits per heavy atom. The number of carbonyl (C=O) groups is 1. The molecule has 0 bridgehead atoms. The average Bonchev–Trinajstić information content (AvgIpc) is 2.30. The Morgan fingerprint density at radius 2 is 2.11 bits per heavy atom. The van der Waals surface area contributed by atoms with E-state index in [0.717, 1.165) is 22.1 Å². The van der Waals surface area contributed by atoms with Gasteiger partial charge in [0, 0.05) is 4.47 Å². The lowest BCUT2D eigenvalue weighted by Crippen LogP contribution is -2.32. The Bertz CT molecular complexity index is 418. The van der Waals surface area contributed by atoms with E-state index >= 15 is 0 Å². The van der Waals surface area contributed by atoms with Gasteiger partial charge in [-0.3, -0.25) is 0 Å². The number of esters is 1. The van der Waals surface area contributed by atoms with Crippen molar-refractivity contribution in [3.8, 4) is 0 Å². The molecule has 0 aliphatic rings. The number of benzene rings is 1. The number of nitrogens with one attached hydrogen (secondary N) is 1. The summed E-state index contributed by atoms with van der Waals surface area (Å²) in [6.07, 6.45) is 0. The maximum Gasteiger partial charge on any atom is 0.327 e. The smallest absolute Gasteiger partial charge is 0.327 e. The number of methoxy groups -OCH3 is 1. The van der Waals surface area contributed by atoms with E-state index < -0.39 is 6.04 Å². The van der Waals surface area contributed by atoms with Crippen molar-refractivity contribution in [1.82, 2.24) is 5.32 Å². The van der Waals surface area contributed by atoms with E-state index in [1.165, 1.54) is 7.11 Å². The molecule has 3 nitrogen and oxygen atoms in total. The summed E-state index contributed by atoms with van der Waals surface area (Å²) in [5.74, 6) is 0.210. The highest BCUT2D eigenvalue weighted by Crippen LogP contribution is 2.25. The van der Waals surface area contributed by atoms with Gasteiger partial charge in [-0.25, -0.2) is 4.79 Å². The van der Waals surface area contributed by atoms with Crippen LogP contribution in [0.4, 0.5) is 0 Å². The minimum absolute atomic E-state index is 0.264. The van der Waals surface area contributed by atoms with Crippen molar-refractivity contribution in [1.29, 1.82) is 0 Å². The molecule has 0 radical (unpaired) electrons. The van der Waals surface area contributed by atoms with Crippen molar-refractivity contribution >= 4 is 21.9 Å². The second-order valence-electron chi connectivity index (χ2n) is 4.78. The molecule has 0 saturated heterocycles. The van der Waals surface area contributed by atoms with Crippen molar-refractivity contribution in [2.24, 2.45) is 5.92 Å². The fourth-order valence-electron chi connectivity index (χ4n) is 1.66. The molecule has 18 heavy (non-hydrogen) atoms. The van der Waals surface area contributed by atoms with Gasteiger partial charge in [-0.2, -0.15) is 0 Å². The maximum atomic E-state index is 11.9. The number of ether oxygens (including phenoxy) is 1. The second-order valence-corrected chi connectivity index (χ2v) is 5.64. The summed E-state index contributed by atoms with van der Waals surface area (Å²) in [5.41, 5.74) is 2.06. The van der Waals surface area contributed by atoms with E-state index in [1.54, 1.807) is 0 Å². The molecule has 1 aromatic rings. The first kappa shape index (κ1) is 15.2. The summed E-state index contributed by atoms with van der Waals surface area (Å²) in [6, 6.07) is 5.52. The number of hydrogen-bond acceptors (Lipinski definition) is 3. The fourth-order valence-corrected chi connectivity index (χ4v) is 2.38. The van der Waals surface area contributed by atoms with Gasteiger partial charge in [0.05, 0.1) is 7.11 Å². The molecular weight excluding hydrogens is 294 g/mol. The van der Waals surface area contributed by atoms with Gasteiger partial charge in [0.15, 0.2) is 0 Å². The van der Waals surface area contributed by atoms with Gasteiger partial charge in [-0.1, -0.05) is 41.9 Å². The molecule has 0 saturated carbocycles. The van der Waals surface area contributed by atoms with Crippen molar-refractivity contribution < 1.29 is 9.53 Å². The predicted octanol–water partition coefficient (Wildman–Crippen LogP) is 3.22. The maximum absolute atomic E-state index is 11.9. The molecule has 0 aromatic heterocycles. The van der Waals surface area contributed by atoms with Crippen molar-refractivity contribution in [2.75, 3.05) is 13.7 Å². The van der Waals surface area contributed by atoms with Gasteiger partial charge >= 0.3 is 5.97 Å². The van der Waals surface area contributed by atoms with Gasteiger partial charge in [0.1, 0.15) is 6.04 Å². The van der Waals surface area contributed by atoms with Gasteiger partial charge in [0.25, 0.3) is 0 Å². The van der Waals surface area contributed by atoms with Crippen LogP contribution in [-0.2, 0) is 9.53 Å². The van der Waals surface area contributed by atoms with E-state index in [4.69, 9.17) is 4.74 Å². The average molecular weight is 314 g/mol. The third-order valence-corrected chi connectivity index (χ3v) is 3.32. The zero-order valence-electron chi connectivity index (χ0n) is 11.3. The topological polar surface area (TPSA) is 38.3 Å². The summed E-state index contributed by atoms with van der Waals surface area (Å²) in [4.78, 5) is 11.9. The van der Waals surface area contributed by atoms with Crippen LogP contribution < -0.4 is 5.32 Å². The quantitative estimate of drug-likeness (QED) is 0.848. The van der Waals surface area contributed by atoms with Crippen LogP contribution in [0.5, 0.6) is 0 Å². The van der Waals surface area contributed by atoms with Crippen LogP contribution in [0.15, 0.2) is 22.7 Å². The van der Waals surface area contributed by atoms with E-state index in [-0.39, 0.29) is 5.97 Å². The molecule has 4 heteroatoms. The summed E-state index contributed by atoms with van der Waals surface area (Å²) < 4.78 is 5.79. The molecule has 1 aromatic carbocycles. The van der Waals surface area contributed by atoms with E-state index in [2.05, 4.69) is 35.1 Å². The molecule has 0 fully saturated rings. The lowest BCUT2D eigenvalue weighted by Gasteiger charge is -2.19. The molecule has 1 N–H and O–H groups in total. The van der Waals surface area contributed by atoms with Crippen LogP contribution in [0.2, 0.25) is 0 Å². The third-order valence-electron chi connectivity index (χ3n) is 2.63. The molecule has 1 rings (SSSR count). The van der Waals surface area contributed by atoms with Crippen molar-refractivity contribution in [3.63, 3.8) is 0 Å². The largest absolute Gasteiger partial charge is 0.468 e. The van der Waals surface area contributed by atoms with Gasteiger partial charge < -0.3 is 10.1 Å². The van der Waals surface area contributed by atoms with Gasteiger partial charge in [-0.05, 0) is 36.6 Å². The first-order valence-corrected chi connectivity index (χ1v) is 6.82. The normalized spacial score (nSPS) is 12.6. The first-order valence-electron chi connectivity index (χ1n) is 6.03. The molecule has 1 atom stereocenters. The highest BCUT2D eigenvalue weighted by molar-refractivity contribution is 9.10. The first-order chi connectivity index (χ1) is 8.45. The number of hydrogen-bond donors (Lipinski definition) is 1. The molecular formula is C14H20BrNO2. The minimum Gasteiger partial charge on any atom is -0.468 e.